The quantitative estimate of drug-likeness (QED) is 0.0373. The van der Waals surface area contributed by atoms with E-state index in [4.69, 9.17) is 0 Å². The minimum Gasteiger partial charge on any atom is -0.394 e. The molecule has 0 rings (SSSR count). The first-order valence-corrected chi connectivity index (χ1v) is 23.0. The highest BCUT2D eigenvalue weighted by atomic mass is 16.3. The molecule has 0 aromatic carbocycles. The average molecular weight is 722 g/mol. The molecule has 1 amide bonds. The van der Waals surface area contributed by atoms with Crippen LogP contribution < -0.4 is 5.32 Å². The largest absolute Gasteiger partial charge is 0.394 e. The van der Waals surface area contributed by atoms with Gasteiger partial charge < -0.3 is 20.6 Å². The number of allylic oxidation sites excluding steroid dienone is 2. The topological polar surface area (TPSA) is 89.8 Å². The van der Waals surface area contributed by atoms with E-state index in [2.05, 4.69) is 31.3 Å². The van der Waals surface area contributed by atoms with Crippen LogP contribution in [0.15, 0.2) is 12.2 Å². The van der Waals surface area contributed by atoms with Crippen molar-refractivity contribution in [3.63, 3.8) is 0 Å². The Morgan fingerprint density at radius 3 is 1.10 bits per heavy atom. The number of hydrogen-bond donors (Lipinski definition) is 4. The monoisotopic (exact) mass is 722 g/mol. The van der Waals surface area contributed by atoms with E-state index in [0.29, 0.717) is 12.8 Å². The Bertz CT molecular complexity index is 713. The van der Waals surface area contributed by atoms with E-state index in [9.17, 15) is 20.1 Å². The number of nitrogens with one attached hydrogen (secondary N) is 1. The summed E-state index contributed by atoms with van der Waals surface area (Å²) in [6.07, 6.45) is 49.5. The smallest absolute Gasteiger partial charge is 0.249 e. The summed E-state index contributed by atoms with van der Waals surface area (Å²) < 4.78 is 0. The van der Waals surface area contributed by atoms with Crippen molar-refractivity contribution in [2.45, 2.75) is 270 Å². The molecule has 0 aromatic heterocycles. The van der Waals surface area contributed by atoms with Crippen molar-refractivity contribution in [1.29, 1.82) is 0 Å². The summed E-state index contributed by atoms with van der Waals surface area (Å²) in [7, 11) is 0. The Kier molecular flexibility index (Phi) is 41.1. The van der Waals surface area contributed by atoms with Crippen molar-refractivity contribution < 1.29 is 20.1 Å². The van der Waals surface area contributed by atoms with Crippen LogP contribution in [0.25, 0.3) is 0 Å². The number of rotatable bonds is 42. The minimum atomic E-state index is -1.09. The maximum Gasteiger partial charge on any atom is 0.249 e. The van der Waals surface area contributed by atoms with Crippen LogP contribution in [0.2, 0.25) is 0 Å². The lowest BCUT2D eigenvalue weighted by atomic mass is 10.0. The molecule has 51 heavy (non-hydrogen) atoms. The molecule has 0 aliphatic rings. The molecule has 304 valence electrons. The Labute approximate surface area is 319 Å². The molecule has 0 aliphatic carbocycles. The lowest BCUT2D eigenvalue weighted by Crippen LogP contribution is -2.49. The van der Waals surface area contributed by atoms with Gasteiger partial charge in [-0.25, -0.2) is 0 Å². The van der Waals surface area contributed by atoms with E-state index in [1.165, 1.54) is 186 Å². The first kappa shape index (κ1) is 50.1. The van der Waals surface area contributed by atoms with Crippen molar-refractivity contribution in [3.8, 4) is 0 Å². The van der Waals surface area contributed by atoms with Crippen molar-refractivity contribution in [1.82, 2.24) is 5.32 Å². The van der Waals surface area contributed by atoms with Gasteiger partial charge in [0.1, 0.15) is 6.10 Å². The normalized spacial score (nSPS) is 13.6. The predicted molar refractivity (Wildman–Crippen MR) is 222 cm³/mol. The minimum absolute atomic E-state index is 0.317. The van der Waals surface area contributed by atoms with Crippen molar-refractivity contribution >= 4 is 5.91 Å². The van der Waals surface area contributed by atoms with Crippen LogP contribution in [0.4, 0.5) is 0 Å². The second-order valence-corrected chi connectivity index (χ2v) is 16.0. The number of aliphatic hydroxyl groups excluding tert-OH is 3. The van der Waals surface area contributed by atoms with Gasteiger partial charge in [0.15, 0.2) is 0 Å². The first-order chi connectivity index (χ1) is 25.1. The van der Waals surface area contributed by atoms with Gasteiger partial charge in [-0.3, -0.25) is 4.79 Å². The number of carbonyl (C=O) groups is 1. The van der Waals surface area contributed by atoms with Gasteiger partial charge >= 0.3 is 0 Å². The standard InChI is InChI=1S/C46H91NO4/c1-3-5-7-9-11-13-15-17-18-19-20-21-22-23-24-25-26-27-28-29-31-32-34-36-38-40-44(49)43(42-48)47-46(51)45(50)41-39-37-35-33-30-16-14-12-10-8-6-4-2/h30,33,43-45,48-50H,3-29,31-32,34-42H2,1-2H3,(H,47,51)/b33-30-. The number of unbranched alkanes of at least 4 members (excludes halogenated alkanes) is 32. The summed E-state index contributed by atoms with van der Waals surface area (Å²) in [4.78, 5) is 12.4. The lowest BCUT2D eigenvalue weighted by Gasteiger charge is -2.23. The van der Waals surface area contributed by atoms with Gasteiger partial charge in [-0.05, 0) is 38.5 Å². The fourth-order valence-corrected chi connectivity index (χ4v) is 7.25. The lowest BCUT2D eigenvalue weighted by molar-refractivity contribution is -0.131. The maximum atomic E-state index is 12.4. The van der Waals surface area contributed by atoms with E-state index in [1.54, 1.807) is 0 Å². The molecular formula is C46H91NO4. The van der Waals surface area contributed by atoms with Crippen LogP contribution in [0.5, 0.6) is 0 Å². The van der Waals surface area contributed by atoms with E-state index in [0.717, 1.165) is 38.5 Å². The maximum absolute atomic E-state index is 12.4. The van der Waals surface area contributed by atoms with Crippen molar-refractivity contribution in [2.24, 2.45) is 0 Å². The van der Waals surface area contributed by atoms with Crippen LogP contribution in [-0.2, 0) is 4.79 Å². The fourth-order valence-electron chi connectivity index (χ4n) is 7.25. The number of amides is 1. The molecule has 0 saturated heterocycles. The third-order valence-corrected chi connectivity index (χ3v) is 10.9. The van der Waals surface area contributed by atoms with Crippen molar-refractivity contribution in [3.05, 3.63) is 12.2 Å². The van der Waals surface area contributed by atoms with E-state index in [1.807, 2.05) is 0 Å². The molecule has 5 nitrogen and oxygen atoms in total. The highest BCUT2D eigenvalue weighted by Gasteiger charge is 2.23. The summed E-state index contributed by atoms with van der Waals surface area (Å²) >= 11 is 0. The summed E-state index contributed by atoms with van der Waals surface area (Å²) in [5, 5.41) is 33.3. The van der Waals surface area contributed by atoms with Crippen LogP contribution in [-0.4, -0.2) is 46.1 Å². The summed E-state index contributed by atoms with van der Waals surface area (Å²) in [6.45, 7) is 4.22. The molecule has 0 saturated carbocycles. The fraction of sp³-hybridized carbons (Fsp3) is 0.935. The molecule has 0 fully saturated rings. The van der Waals surface area contributed by atoms with Crippen LogP contribution in [0.1, 0.15) is 251 Å². The van der Waals surface area contributed by atoms with E-state index < -0.39 is 24.2 Å². The van der Waals surface area contributed by atoms with Gasteiger partial charge in [0.05, 0.1) is 18.8 Å². The van der Waals surface area contributed by atoms with Gasteiger partial charge in [0.2, 0.25) is 5.91 Å². The second kappa shape index (κ2) is 41.8. The third kappa shape index (κ3) is 37.2. The van der Waals surface area contributed by atoms with E-state index >= 15 is 0 Å². The Morgan fingerprint density at radius 1 is 0.451 bits per heavy atom. The van der Waals surface area contributed by atoms with Gasteiger partial charge in [0.25, 0.3) is 0 Å². The number of carbonyl (C=O) groups excluding carboxylic acids is 1. The predicted octanol–water partition coefficient (Wildman–Crippen LogP) is 13.2. The molecule has 0 spiro atoms. The molecule has 5 heteroatoms. The molecular weight excluding hydrogens is 631 g/mol. The molecule has 0 aliphatic heterocycles. The van der Waals surface area contributed by atoms with E-state index in [-0.39, 0.29) is 6.61 Å². The summed E-state index contributed by atoms with van der Waals surface area (Å²) in [5.74, 6) is -0.485. The highest BCUT2D eigenvalue weighted by Crippen LogP contribution is 2.17. The molecule has 3 unspecified atom stereocenters. The van der Waals surface area contributed by atoms with Crippen LogP contribution >= 0.6 is 0 Å². The SMILES string of the molecule is CCCCCCCC/C=C\CCCCC(O)C(=O)NC(CO)C(O)CCCCCCCCCCCCCCCCCCCCCCCCCCC. The first-order valence-electron chi connectivity index (χ1n) is 23.0. The molecule has 3 atom stereocenters. The number of aliphatic hydroxyl groups is 3. The highest BCUT2D eigenvalue weighted by molar-refractivity contribution is 5.80. The van der Waals surface area contributed by atoms with Gasteiger partial charge in [-0.2, -0.15) is 0 Å². The molecule has 0 bridgehead atoms. The molecule has 4 N–H and O–H groups in total. The Balaban J connectivity index is 3.54. The molecule has 0 heterocycles. The van der Waals surface area contributed by atoms with Gasteiger partial charge in [0, 0.05) is 0 Å². The van der Waals surface area contributed by atoms with Crippen molar-refractivity contribution in [2.75, 3.05) is 6.61 Å². The average Bonchev–Trinajstić information content (AvgIpc) is 3.13. The summed E-state index contributed by atoms with van der Waals surface area (Å²) in [5.41, 5.74) is 0. The zero-order valence-electron chi connectivity index (χ0n) is 34.5. The Morgan fingerprint density at radius 2 is 0.745 bits per heavy atom. The zero-order chi connectivity index (χ0) is 37.3. The van der Waals surface area contributed by atoms with Gasteiger partial charge in [-0.1, -0.05) is 225 Å². The zero-order valence-corrected chi connectivity index (χ0v) is 34.5. The second-order valence-electron chi connectivity index (χ2n) is 16.0. The van der Waals surface area contributed by atoms with Crippen LogP contribution in [0.3, 0.4) is 0 Å². The third-order valence-electron chi connectivity index (χ3n) is 10.9. The number of hydrogen-bond acceptors (Lipinski definition) is 4. The summed E-state index contributed by atoms with van der Waals surface area (Å²) in [6, 6.07) is -0.716. The van der Waals surface area contributed by atoms with Crippen LogP contribution in [0, 0.1) is 0 Å². The molecule has 0 radical (unpaired) electrons. The molecule has 0 aromatic rings. The Hall–Kier alpha value is -0.910. The van der Waals surface area contributed by atoms with Gasteiger partial charge in [-0.15, -0.1) is 0 Å².